The molecule has 4 atom stereocenters. The number of nitrogens with one attached hydrogen (secondary N) is 2. The van der Waals surface area contributed by atoms with Gasteiger partial charge in [-0.15, -0.1) is 13.2 Å². The van der Waals surface area contributed by atoms with Crippen molar-refractivity contribution in [3.63, 3.8) is 0 Å². The summed E-state index contributed by atoms with van der Waals surface area (Å²) in [6.45, 7) is 20.1. The monoisotopic (exact) mass is 654 g/mol. The van der Waals surface area contributed by atoms with Gasteiger partial charge in [-0.05, 0) is 84.8 Å². The molecule has 4 rings (SSSR count). The second kappa shape index (κ2) is 17.1. The first-order chi connectivity index (χ1) is 22.5. The Labute approximate surface area is 283 Å². The molecule has 0 radical (unpaired) electrons. The number of hydrogen-bond acceptors (Lipinski definition) is 5. The van der Waals surface area contributed by atoms with Gasteiger partial charge >= 0.3 is 0 Å². The van der Waals surface area contributed by atoms with Crippen LogP contribution in [0.4, 0.5) is 0 Å². The molecule has 7 heteroatoms. The van der Waals surface area contributed by atoms with E-state index in [1.54, 1.807) is 6.08 Å². The van der Waals surface area contributed by atoms with Gasteiger partial charge in [-0.25, -0.2) is 0 Å². The number of carbonyl (C=O) groups is 1. The van der Waals surface area contributed by atoms with Crippen molar-refractivity contribution in [1.82, 2.24) is 10.6 Å². The summed E-state index contributed by atoms with van der Waals surface area (Å²) in [4.78, 5) is 13.3. The number of para-hydroxylation sites is 1. The summed E-state index contributed by atoms with van der Waals surface area (Å²) in [5.74, 6) is 1.63. The van der Waals surface area contributed by atoms with Crippen LogP contribution in [0.25, 0.3) is 0 Å². The molecule has 3 aromatic carbocycles. The molecule has 0 fully saturated rings. The van der Waals surface area contributed by atoms with E-state index in [2.05, 4.69) is 81.9 Å². The average Bonchev–Trinajstić information content (AvgIpc) is 3.38. The molecule has 2 N–H and O–H groups in total. The average molecular weight is 655 g/mol. The van der Waals surface area contributed by atoms with E-state index < -0.39 is 8.32 Å². The number of fused-ring (bicyclic) bond motifs is 1. The predicted molar refractivity (Wildman–Crippen MR) is 195 cm³/mol. The van der Waals surface area contributed by atoms with Crippen LogP contribution in [0.5, 0.6) is 11.5 Å². The summed E-state index contributed by atoms with van der Waals surface area (Å²) in [5, 5.41) is 7.27. The second-order valence-corrected chi connectivity index (χ2v) is 18.7. The molecule has 0 heterocycles. The quantitative estimate of drug-likeness (QED) is 0.0813. The fourth-order valence-electron chi connectivity index (χ4n) is 5.75. The number of allylic oxidation sites excluding steroid dienone is 1. The lowest BCUT2D eigenvalue weighted by atomic mass is 10.00. The van der Waals surface area contributed by atoms with Gasteiger partial charge in [-0.3, -0.25) is 4.79 Å². The smallest absolute Gasteiger partial charge is 0.220 e. The molecule has 3 aromatic rings. The molecule has 1 amide bonds. The zero-order chi connectivity index (χ0) is 33.9. The maximum atomic E-state index is 13.3. The van der Waals surface area contributed by atoms with Crippen molar-refractivity contribution in [1.29, 1.82) is 0 Å². The molecule has 0 saturated heterocycles. The summed E-state index contributed by atoms with van der Waals surface area (Å²) >= 11 is 0. The molecule has 0 aromatic heterocycles. The molecular weight excluding hydrogens is 601 g/mol. The summed E-state index contributed by atoms with van der Waals surface area (Å²) in [7, 11) is -2.22. The lowest BCUT2D eigenvalue weighted by Crippen LogP contribution is -2.55. The molecule has 1 aliphatic carbocycles. The molecular formula is C40H54N2O4Si. The third-order valence-electron chi connectivity index (χ3n) is 9.35. The van der Waals surface area contributed by atoms with Gasteiger partial charge in [-0.2, -0.15) is 0 Å². The van der Waals surface area contributed by atoms with Crippen LogP contribution < -0.4 is 15.4 Å². The van der Waals surface area contributed by atoms with Gasteiger partial charge in [0, 0.05) is 19.0 Å². The zero-order valence-corrected chi connectivity index (χ0v) is 30.0. The minimum atomic E-state index is -2.22. The van der Waals surface area contributed by atoms with E-state index >= 15 is 0 Å². The molecule has 0 bridgehead atoms. The van der Waals surface area contributed by atoms with Gasteiger partial charge in [0.15, 0.2) is 8.32 Å². The lowest BCUT2D eigenvalue weighted by Gasteiger charge is -2.42. The first kappa shape index (κ1) is 36.3. The van der Waals surface area contributed by atoms with E-state index in [0.717, 1.165) is 41.9 Å². The third kappa shape index (κ3) is 10.5. The molecule has 47 heavy (non-hydrogen) atoms. The Bertz CT molecular complexity index is 1440. The van der Waals surface area contributed by atoms with Gasteiger partial charge in [0.2, 0.25) is 5.91 Å². The van der Waals surface area contributed by atoms with Crippen molar-refractivity contribution in [2.45, 2.75) is 95.3 Å². The van der Waals surface area contributed by atoms with Crippen LogP contribution in [0.15, 0.2) is 104 Å². The predicted octanol–water partition coefficient (Wildman–Crippen LogP) is 9.23. The first-order valence-corrected chi connectivity index (χ1v) is 19.9. The summed E-state index contributed by atoms with van der Waals surface area (Å²) < 4.78 is 19.6. The minimum Gasteiger partial charge on any atom is -0.457 e. The van der Waals surface area contributed by atoms with Crippen LogP contribution in [-0.2, 0) is 20.4 Å². The van der Waals surface area contributed by atoms with E-state index in [9.17, 15) is 4.79 Å². The SMILES string of the molecule is C=CCCCC(=O)N[C@@H](Cc1ccccc1)[C@@H](CNC1CC(OCC=C)c2ccc(Oc3ccccc3)cc21)O[Si](C)(C)C(C)(C)C. The molecule has 6 nitrogen and oxygen atoms in total. The van der Waals surface area contributed by atoms with Crippen LogP contribution >= 0.6 is 0 Å². The van der Waals surface area contributed by atoms with Crippen LogP contribution in [0.2, 0.25) is 18.1 Å². The Morgan fingerprint density at radius 2 is 1.66 bits per heavy atom. The topological polar surface area (TPSA) is 68.8 Å². The molecule has 1 aliphatic rings. The van der Waals surface area contributed by atoms with Crippen molar-refractivity contribution in [2.75, 3.05) is 13.2 Å². The number of carbonyl (C=O) groups excluding carboxylic acids is 1. The van der Waals surface area contributed by atoms with E-state index in [-0.39, 0.29) is 35.2 Å². The Morgan fingerprint density at radius 1 is 0.957 bits per heavy atom. The number of rotatable bonds is 18. The highest BCUT2D eigenvalue weighted by atomic mass is 28.4. The standard InChI is InChI=1S/C40H54N2O4Si/c1-8-10-13-22-39(43)42-36(26-30-18-14-11-15-19-30)38(46-47(6,7)40(3,4)5)29-41-35-28-37(44-25-9-2)33-24-23-32(27-34(33)35)45-31-20-16-12-17-21-31/h8-9,11-12,14-21,23-24,27,35-38,41H,1-2,10,13,22,25-26,28-29H2,3-7H3,(H,42,43)/t35?,36-,37?,38+/m0/s1. The molecule has 0 aliphatic heterocycles. The van der Waals surface area contributed by atoms with Gasteiger partial charge in [0.25, 0.3) is 0 Å². The second-order valence-electron chi connectivity index (χ2n) is 14.0. The Kier molecular flexibility index (Phi) is 13.2. The number of ether oxygens (including phenoxy) is 2. The maximum Gasteiger partial charge on any atom is 0.220 e. The normalized spacial score (nSPS) is 17.4. The van der Waals surface area contributed by atoms with Crippen molar-refractivity contribution in [3.8, 4) is 11.5 Å². The van der Waals surface area contributed by atoms with Crippen molar-refractivity contribution in [2.24, 2.45) is 0 Å². The largest absolute Gasteiger partial charge is 0.457 e. The zero-order valence-electron chi connectivity index (χ0n) is 29.0. The van der Waals surface area contributed by atoms with Crippen LogP contribution in [0.1, 0.15) is 75.3 Å². The molecule has 0 spiro atoms. The Morgan fingerprint density at radius 3 is 2.32 bits per heavy atom. The number of amides is 1. The number of benzene rings is 3. The summed E-state index contributed by atoms with van der Waals surface area (Å²) in [5.41, 5.74) is 3.48. The summed E-state index contributed by atoms with van der Waals surface area (Å²) in [6, 6.07) is 26.3. The minimum absolute atomic E-state index is 0.00375. The van der Waals surface area contributed by atoms with Crippen LogP contribution in [0.3, 0.4) is 0 Å². The fraction of sp³-hybridized carbons (Fsp3) is 0.425. The van der Waals surface area contributed by atoms with Crippen molar-refractivity contribution in [3.05, 3.63) is 121 Å². The highest BCUT2D eigenvalue weighted by molar-refractivity contribution is 6.74. The van der Waals surface area contributed by atoms with Crippen molar-refractivity contribution < 1.29 is 18.7 Å². The van der Waals surface area contributed by atoms with E-state index in [1.165, 1.54) is 5.56 Å². The van der Waals surface area contributed by atoms with Gasteiger partial charge in [0.05, 0.1) is 24.9 Å². The number of unbranched alkanes of at least 4 members (excludes halogenated alkanes) is 1. The molecule has 252 valence electrons. The maximum absolute atomic E-state index is 13.3. The van der Waals surface area contributed by atoms with Crippen LogP contribution in [0, 0.1) is 0 Å². The Balaban J connectivity index is 1.63. The van der Waals surface area contributed by atoms with Crippen molar-refractivity contribution >= 4 is 14.2 Å². The lowest BCUT2D eigenvalue weighted by molar-refractivity contribution is -0.122. The third-order valence-corrected chi connectivity index (χ3v) is 13.9. The van der Waals surface area contributed by atoms with E-state index in [0.29, 0.717) is 26.0 Å². The van der Waals surface area contributed by atoms with Crippen LogP contribution in [-0.4, -0.2) is 39.5 Å². The Hall–Kier alpha value is -3.49. The molecule has 0 saturated carbocycles. The summed E-state index contributed by atoms with van der Waals surface area (Å²) in [6.07, 6.45) is 6.85. The van der Waals surface area contributed by atoms with E-state index in [4.69, 9.17) is 13.9 Å². The highest BCUT2D eigenvalue weighted by Crippen LogP contribution is 2.43. The van der Waals surface area contributed by atoms with Gasteiger partial charge in [0.1, 0.15) is 11.5 Å². The number of hydrogen-bond donors (Lipinski definition) is 2. The fourth-order valence-corrected chi connectivity index (χ4v) is 7.11. The van der Waals surface area contributed by atoms with E-state index in [1.807, 2.05) is 60.7 Å². The van der Waals surface area contributed by atoms with Gasteiger partial charge < -0.3 is 24.5 Å². The van der Waals surface area contributed by atoms with Gasteiger partial charge in [-0.1, -0.05) is 87.5 Å². The first-order valence-electron chi connectivity index (χ1n) is 17.0. The molecule has 2 unspecified atom stereocenters. The highest BCUT2D eigenvalue weighted by Gasteiger charge is 2.42.